The molecular formula is C16H21NO6. The third-order valence-corrected chi connectivity index (χ3v) is 4.19. The zero-order valence-corrected chi connectivity index (χ0v) is 13.7. The van der Waals surface area contributed by atoms with Gasteiger partial charge in [-0.15, -0.1) is 0 Å². The number of amides is 1. The van der Waals surface area contributed by atoms with Crippen molar-refractivity contribution in [2.75, 3.05) is 34.4 Å². The zero-order valence-electron chi connectivity index (χ0n) is 13.7. The van der Waals surface area contributed by atoms with Gasteiger partial charge in [0, 0.05) is 18.7 Å². The van der Waals surface area contributed by atoms with Gasteiger partial charge in [0.05, 0.1) is 26.7 Å². The number of carboxylic acid groups (broad SMARTS) is 1. The molecule has 2 rings (SSSR count). The van der Waals surface area contributed by atoms with Gasteiger partial charge < -0.3 is 24.2 Å². The van der Waals surface area contributed by atoms with E-state index in [2.05, 4.69) is 0 Å². The Morgan fingerprint density at radius 1 is 1.13 bits per heavy atom. The molecule has 7 heteroatoms. The summed E-state index contributed by atoms with van der Waals surface area (Å²) in [5.74, 6) is 0.0288. The van der Waals surface area contributed by atoms with Crippen molar-refractivity contribution in [2.24, 2.45) is 5.41 Å². The lowest BCUT2D eigenvalue weighted by Crippen LogP contribution is -2.34. The number of benzene rings is 1. The normalized spacial score (nSPS) is 20.3. The molecule has 1 N–H and O–H groups in total. The van der Waals surface area contributed by atoms with E-state index < -0.39 is 11.4 Å². The number of ether oxygens (including phenoxy) is 3. The molecule has 1 unspecified atom stereocenters. The second-order valence-corrected chi connectivity index (χ2v) is 5.76. The number of rotatable bonds is 5. The maximum atomic E-state index is 12.7. The number of hydrogen-bond acceptors (Lipinski definition) is 5. The van der Waals surface area contributed by atoms with Crippen molar-refractivity contribution >= 4 is 11.9 Å². The van der Waals surface area contributed by atoms with E-state index in [4.69, 9.17) is 14.2 Å². The molecule has 0 saturated carbocycles. The van der Waals surface area contributed by atoms with E-state index in [9.17, 15) is 14.7 Å². The Morgan fingerprint density at radius 2 is 1.70 bits per heavy atom. The maximum Gasteiger partial charge on any atom is 0.311 e. The van der Waals surface area contributed by atoms with Gasteiger partial charge in [0.2, 0.25) is 5.75 Å². The van der Waals surface area contributed by atoms with E-state index in [1.54, 1.807) is 19.1 Å². The van der Waals surface area contributed by atoms with E-state index in [1.807, 2.05) is 0 Å². The molecule has 7 nitrogen and oxygen atoms in total. The van der Waals surface area contributed by atoms with Gasteiger partial charge in [0.15, 0.2) is 11.5 Å². The van der Waals surface area contributed by atoms with Gasteiger partial charge in [-0.2, -0.15) is 0 Å². The molecule has 1 heterocycles. The molecule has 1 amide bonds. The Morgan fingerprint density at radius 3 is 2.09 bits per heavy atom. The summed E-state index contributed by atoms with van der Waals surface area (Å²) in [5, 5.41) is 9.28. The van der Waals surface area contributed by atoms with Gasteiger partial charge in [0.1, 0.15) is 0 Å². The highest BCUT2D eigenvalue weighted by Crippen LogP contribution is 2.39. The monoisotopic (exact) mass is 323 g/mol. The molecule has 1 aromatic carbocycles. The molecule has 126 valence electrons. The molecule has 1 saturated heterocycles. The van der Waals surface area contributed by atoms with E-state index in [0.29, 0.717) is 35.8 Å². The van der Waals surface area contributed by atoms with Crippen LogP contribution in [0.5, 0.6) is 17.2 Å². The number of aliphatic carboxylic acids is 1. The molecule has 1 aliphatic heterocycles. The van der Waals surface area contributed by atoms with Gasteiger partial charge in [-0.05, 0) is 25.5 Å². The molecule has 1 fully saturated rings. The average molecular weight is 323 g/mol. The van der Waals surface area contributed by atoms with Gasteiger partial charge in [0.25, 0.3) is 5.91 Å². The highest BCUT2D eigenvalue weighted by Gasteiger charge is 2.42. The van der Waals surface area contributed by atoms with E-state index >= 15 is 0 Å². The van der Waals surface area contributed by atoms with E-state index in [1.165, 1.54) is 26.2 Å². The molecule has 0 spiro atoms. The van der Waals surface area contributed by atoms with Crippen molar-refractivity contribution in [3.05, 3.63) is 17.7 Å². The second-order valence-electron chi connectivity index (χ2n) is 5.76. The van der Waals surface area contributed by atoms with Crippen LogP contribution in [0.15, 0.2) is 12.1 Å². The summed E-state index contributed by atoms with van der Waals surface area (Å²) >= 11 is 0. The highest BCUT2D eigenvalue weighted by atomic mass is 16.5. The minimum Gasteiger partial charge on any atom is -0.493 e. The summed E-state index contributed by atoms with van der Waals surface area (Å²) < 4.78 is 15.7. The van der Waals surface area contributed by atoms with Crippen molar-refractivity contribution in [1.82, 2.24) is 4.90 Å². The largest absolute Gasteiger partial charge is 0.493 e. The molecule has 1 aromatic rings. The fourth-order valence-electron chi connectivity index (χ4n) is 2.70. The van der Waals surface area contributed by atoms with Gasteiger partial charge in [-0.25, -0.2) is 0 Å². The van der Waals surface area contributed by atoms with Crippen LogP contribution >= 0.6 is 0 Å². The first-order valence-electron chi connectivity index (χ1n) is 7.19. The maximum absolute atomic E-state index is 12.7. The van der Waals surface area contributed by atoms with Gasteiger partial charge in [-0.1, -0.05) is 0 Å². The smallest absolute Gasteiger partial charge is 0.311 e. The first kappa shape index (κ1) is 16.9. The van der Waals surface area contributed by atoms with E-state index in [0.717, 1.165) is 0 Å². The molecule has 0 aliphatic carbocycles. The lowest BCUT2D eigenvalue weighted by Gasteiger charge is -2.21. The minimum atomic E-state index is -0.906. The number of methoxy groups -OCH3 is 3. The van der Waals surface area contributed by atoms with Crippen molar-refractivity contribution in [3.63, 3.8) is 0 Å². The highest BCUT2D eigenvalue weighted by molar-refractivity contribution is 5.96. The van der Waals surface area contributed by atoms with Crippen molar-refractivity contribution < 1.29 is 28.9 Å². The predicted molar refractivity (Wildman–Crippen MR) is 82.4 cm³/mol. The van der Waals surface area contributed by atoms with Crippen LogP contribution in [0.1, 0.15) is 23.7 Å². The van der Waals surface area contributed by atoms with Crippen LogP contribution in [0.3, 0.4) is 0 Å². The fourth-order valence-corrected chi connectivity index (χ4v) is 2.70. The van der Waals surface area contributed by atoms with E-state index in [-0.39, 0.29) is 12.5 Å². The summed E-state index contributed by atoms with van der Waals surface area (Å²) in [7, 11) is 4.44. The van der Waals surface area contributed by atoms with Gasteiger partial charge >= 0.3 is 5.97 Å². The summed E-state index contributed by atoms with van der Waals surface area (Å²) in [5.41, 5.74) is -0.537. The number of carboxylic acids is 1. The number of hydrogen-bond donors (Lipinski definition) is 1. The average Bonchev–Trinajstić information content (AvgIpc) is 2.96. The molecule has 1 atom stereocenters. The van der Waals surface area contributed by atoms with Crippen molar-refractivity contribution in [3.8, 4) is 17.2 Å². The Bertz CT molecular complexity index is 604. The SMILES string of the molecule is COc1cc(C(=O)N2CCC(C)(C(=O)O)C2)cc(OC)c1OC. The third-order valence-electron chi connectivity index (χ3n) is 4.19. The molecule has 0 radical (unpaired) electrons. The number of nitrogens with zero attached hydrogens (tertiary/aromatic N) is 1. The third kappa shape index (κ3) is 3.04. The molecular weight excluding hydrogens is 302 g/mol. The molecule has 0 bridgehead atoms. The van der Waals surface area contributed by atoms with Crippen molar-refractivity contribution in [1.29, 1.82) is 0 Å². The molecule has 1 aliphatic rings. The van der Waals surface area contributed by atoms with Gasteiger partial charge in [-0.3, -0.25) is 9.59 Å². The summed E-state index contributed by atoms with van der Waals surface area (Å²) in [6, 6.07) is 3.14. The Kier molecular flexibility index (Phi) is 4.68. The topological polar surface area (TPSA) is 85.3 Å². The van der Waals surface area contributed by atoms with Crippen LogP contribution in [0.2, 0.25) is 0 Å². The number of likely N-dealkylation sites (tertiary alicyclic amines) is 1. The summed E-state index contributed by atoms with van der Waals surface area (Å²) in [4.78, 5) is 25.5. The van der Waals surface area contributed by atoms with Crippen molar-refractivity contribution in [2.45, 2.75) is 13.3 Å². The molecule has 0 aromatic heterocycles. The van der Waals surface area contributed by atoms with Crippen LogP contribution in [-0.4, -0.2) is 56.3 Å². The first-order valence-corrected chi connectivity index (χ1v) is 7.19. The Balaban J connectivity index is 2.32. The lowest BCUT2D eigenvalue weighted by molar-refractivity contribution is -0.147. The number of carbonyl (C=O) groups is 2. The standard InChI is InChI=1S/C16H21NO6/c1-16(15(19)20)5-6-17(9-16)14(18)10-7-11(21-2)13(23-4)12(8-10)22-3/h7-8H,5-6,9H2,1-4H3,(H,19,20). The quantitative estimate of drug-likeness (QED) is 0.887. The minimum absolute atomic E-state index is 0.178. The Hall–Kier alpha value is -2.44. The first-order chi connectivity index (χ1) is 10.9. The summed E-state index contributed by atoms with van der Waals surface area (Å²) in [6.07, 6.45) is 0.429. The van der Waals surface area contributed by atoms with Crippen LogP contribution in [0.25, 0.3) is 0 Å². The molecule has 23 heavy (non-hydrogen) atoms. The van der Waals surface area contributed by atoms with Crippen LogP contribution in [0, 0.1) is 5.41 Å². The van der Waals surface area contributed by atoms with Crippen LogP contribution in [0.4, 0.5) is 0 Å². The lowest BCUT2D eigenvalue weighted by atomic mass is 9.90. The predicted octanol–water partition coefficient (Wildman–Crippen LogP) is 1.65. The zero-order chi connectivity index (χ0) is 17.2. The number of carbonyl (C=O) groups excluding carboxylic acids is 1. The fraction of sp³-hybridized carbons (Fsp3) is 0.500. The Labute approximate surface area is 134 Å². The second kappa shape index (κ2) is 6.36. The van der Waals surface area contributed by atoms with Crippen LogP contribution < -0.4 is 14.2 Å². The van der Waals surface area contributed by atoms with Crippen LogP contribution in [-0.2, 0) is 4.79 Å². The summed E-state index contributed by atoms with van der Waals surface area (Å²) in [6.45, 7) is 2.23.